The number of amides is 1. The van der Waals surface area contributed by atoms with Gasteiger partial charge in [0.1, 0.15) is 5.56 Å². The predicted octanol–water partition coefficient (Wildman–Crippen LogP) is 0.320. The Morgan fingerprint density at radius 3 is 2.53 bits per heavy atom. The maximum Gasteiger partial charge on any atom is 0.263 e. The number of anilines is 1. The minimum Gasteiger partial charge on any atom is -0.365 e. The number of nitrogens with two attached hydrogens (primary N) is 1. The van der Waals surface area contributed by atoms with Crippen molar-refractivity contribution >= 4 is 21.7 Å². The summed E-state index contributed by atoms with van der Waals surface area (Å²) in [6.45, 7) is 0. The van der Waals surface area contributed by atoms with Gasteiger partial charge in [0.2, 0.25) is 0 Å². The number of benzene rings is 1. The van der Waals surface area contributed by atoms with E-state index < -0.39 is 15.9 Å². The molecule has 0 unspecified atom stereocenters. The van der Waals surface area contributed by atoms with E-state index in [0.717, 1.165) is 0 Å². The largest absolute Gasteiger partial charge is 0.365 e. The average molecular weight is 280 g/mol. The van der Waals surface area contributed by atoms with E-state index in [1.807, 2.05) is 0 Å². The number of sulfonamides is 1. The van der Waals surface area contributed by atoms with E-state index in [2.05, 4.69) is 9.82 Å². The Morgan fingerprint density at radius 2 is 1.95 bits per heavy atom. The van der Waals surface area contributed by atoms with E-state index in [1.54, 1.807) is 25.2 Å². The highest BCUT2D eigenvalue weighted by molar-refractivity contribution is 7.92. The van der Waals surface area contributed by atoms with Crippen molar-refractivity contribution in [2.45, 2.75) is 4.90 Å². The lowest BCUT2D eigenvalue weighted by atomic mass is 10.3. The van der Waals surface area contributed by atoms with Gasteiger partial charge in [0.15, 0.2) is 5.82 Å². The highest BCUT2D eigenvalue weighted by atomic mass is 32.2. The maximum absolute atomic E-state index is 12.1. The number of aryl methyl sites for hydroxylation is 1. The molecule has 3 N–H and O–H groups in total. The summed E-state index contributed by atoms with van der Waals surface area (Å²) in [5, 5.41) is 3.87. The van der Waals surface area contributed by atoms with Crippen molar-refractivity contribution in [3.8, 4) is 0 Å². The Hall–Kier alpha value is -2.35. The number of nitrogens with zero attached hydrogens (tertiary/aromatic N) is 2. The topological polar surface area (TPSA) is 107 Å². The molecule has 8 heteroatoms. The van der Waals surface area contributed by atoms with Gasteiger partial charge in [-0.1, -0.05) is 18.2 Å². The minimum atomic E-state index is -3.79. The van der Waals surface area contributed by atoms with Crippen LogP contribution in [0.25, 0.3) is 0 Å². The fourth-order valence-electron chi connectivity index (χ4n) is 1.53. The number of carbonyl (C=O) groups is 1. The fraction of sp³-hybridized carbons (Fsp3) is 0.0909. The molecule has 0 saturated carbocycles. The van der Waals surface area contributed by atoms with Crippen LogP contribution in [0.5, 0.6) is 0 Å². The zero-order valence-corrected chi connectivity index (χ0v) is 10.9. The Morgan fingerprint density at radius 1 is 1.32 bits per heavy atom. The van der Waals surface area contributed by atoms with Crippen LogP contribution in [0.3, 0.4) is 0 Å². The van der Waals surface area contributed by atoms with Crippen molar-refractivity contribution in [3.05, 3.63) is 42.1 Å². The zero-order chi connectivity index (χ0) is 14.0. The molecule has 1 aromatic carbocycles. The van der Waals surface area contributed by atoms with Crippen LogP contribution in [0, 0.1) is 0 Å². The second-order valence-electron chi connectivity index (χ2n) is 3.85. The number of primary amides is 1. The summed E-state index contributed by atoms with van der Waals surface area (Å²) in [7, 11) is -2.23. The molecule has 100 valence electrons. The Kier molecular flexibility index (Phi) is 3.26. The van der Waals surface area contributed by atoms with Crippen molar-refractivity contribution in [2.24, 2.45) is 12.8 Å². The monoisotopic (exact) mass is 280 g/mol. The highest BCUT2D eigenvalue weighted by Gasteiger charge is 2.20. The molecule has 0 aliphatic heterocycles. The van der Waals surface area contributed by atoms with Crippen LogP contribution in [-0.4, -0.2) is 24.1 Å². The molecular weight excluding hydrogens is 268 g/mol. The van der Waals surface area contributed by atoms with Crippen molar-refractivity contribution < 1.29 is 13.2 Å². The third-order valence-electron chi connectivity index (χ3n) is 2.38. The first kappa shape index (κ1) is 13.1. The van der Waals surface area contributed by atoms with Gasteiger partial charge in [-0.15, -0.1) is 0 Å². The molecule has 2 rings (SSSR count). The number of carbonyl (C=O) groups excluding carboxylic acids is 1. The summed E-state index contributed by atoms with van der Waals surface area (Å²) in [5.41, 5.74) is 5.17. The molecular formula is C11H12N4O3S. The van der Waals surface area contributed by atoms with Gasteiger partial charge >= 0.3 is 0 Å². The standard InChI is InChI=1S/C11H12N4O3S/c1-15-7-9(10(12)16)11(13-15)14-19(17,18)8-5-3-2-4-6-8/h2-7H,1H3,(H2,12,16)(H,13,14). The molecule has 0 atom stereocenters. The lowest BCUT2D eigenvalue weighted by molar-refractivity contribution is 0.100. The van der Waals surface area contributed by atoms with E-state index in [4.69, 9.17) is 5.73 Å². The van der Waals surface area contributed by atoms with Crippen molar-refractivity contribution in [3.63, 3.8) is 0 Å². The quantitative estimate of drug-likeness (QED) is 0.840. The van der Waals surface area contributed by atoms with Crippen molar-refractivity contribution in [2.75, 3.05) is 4.72 Å². The van der Waals surface area contributed by atoms with Gasteiger partial charge in [-0.05, 0) is 12.1 Å². The van der Waals surface area contributed by atoms with E-state index in [1.165, 1.54) is 23.0 Å². The van der Waals surface area contributed by atoms with Crippen LogP contribution >= 0.6 is 0 Å². The number of hydrogen-bond acceptors (Lipinski definition) is 4. The average Bonchev–Trinajstić information content (AvgIpc) is 2.71. The van der Waals surface area contributed by atoms with Crippen LogP contribution in [0.1, 0.15) is 10.4 Å². The Bertz CT molecular complexity index is 707. The predicted molar refractivity (Wildman–Crippen MR) is 69.0 cm³/mol. The third-order valence-corrected chi connectivity index (χ3v) is 3.73. The summed E-state index contributed by atoms with van der Waals surface area (Å²) >= 11 is 0. The summed E-state index contributed by atoms with van der Waals surface area (Å²) < 4.78 is 27.7. The van der Waals surface area contributed by atoms with E-state index in [-0.39, 0.29) is 16.3 Å². The molecule has 1 heterocycles. The molecule has 1 aromatic heterocycles. The summed E-state index contributed by atoms with van der Waals surface area (Å²) in [6.07, 6.45) is 1.35. The summed E-state index contributed by atoms with van der Waals surface area (Å²) in [5.74, 6) is -0.835. The smallest absolute Gasteiger partial charge is 0.263 e. The molecule has 0 radical (unpaired) electrons. The molecule has 2 aromatic rings. The molecule has 0 spiro atoms. The van der Waals surface area contributed by atoms with Crippen LogP contribution in [-0.2, 0) is 17.1 Å². The summed E-state index contributed by atoms with van der Waals surface area (Å²) in [4.78, 5) is 11.3. The molecule has 0 aliphatic rings. The van der Waals surface area contributed by atoms with Crippen molar-refractivity contribution in [1.29, 1.82) is 0 Å². The zero-order valence-electron chi connectivity index (χ0n) is 10.1. The molecule has 0 bridgehead atoms. The first-order valence-corrected chi connectivity index (χ1v) is 6.80. The second-order valence-corrected chi connectivity index (χ2v) is 5.53. The van der Waals surface area contributed by atoms with Crippen LogP contribution in [0.4, 0.5) is 5.82 Å². The minimum absolute atomic E-state index is 0.0157. The third kappa shape index (κ3) is 2.74. The molecule has 0 aliphatic carbocycles. The number of rotatable bonds is 4. The fourth-order valence-corrected chi connectivity index (χ4v) is 2.57. The SMILES string of the molecule is Cn1cc(C(N)=O)c(NS(=O)(=O)c2ccccc2)n1. The molecule has 0 saturated heterocycles. The van der Waals surface area contributed by atoms with Gasteiger partial charge in [-0.3, -0.25) is 14.2 Å². The van der Waals surface area contributed by atoms with E-state index >= 15 is 0 Å². The van der Waals surface area contributed by atoms with Gasteiger partial charge in [0.05, 0.1) is 4.90 Å². The lowest BCUT2D eigenvalue weighted by Crippen LogP contribution is -2.18. The summed E-state index contributed by atoms with van der Waals surface area (Å²) in [6, 6.07) is 7.78. The van der Waals surface area contributed by atoms with Crippen LogP contribution in [0.2, 0.25) is 0 Å². The first-order valence-electron chi connectivity index (χ1n) is 5.31. The van der Waals surface area contributed by atoms with Gasteiger partial charge in [0.25, 0.3) is 15.9 Å². The Balaban J connectivity index is 2.39. The van der Waals surface area contributed by atoms with E-state index in [0.29, 0.717) is 0 Å². The van der Waals surface area contributed by atoms with Gasteiger partial charge in [-0.25, -0.2) is 8.42 Å². The molecule has 0 fully saturated rings. The van der Waals surface area contributed by atoms with Gasteiger partial charge in [0, 0.05) is 13.2 Å². The van der Waals surface area contributed by atoms with Crippen molar-refractivity contribution in [1.82, 2.24) is 9.78 Å². The molecule has 7 nitrogen and oxygen atoms in total. The first-order chi connectivity index (χ1) is 8.90. The normalized spacial score (nSPS) is 11.2. The molecule has 1 amide bonds. The number of hydrogen-bond donors (Lipinski definition) is 2. The lowest BCUT2D eigenvalue weighted by Gasteiger charge is -2.06. The number of aromatic nitrogens is 2. The highest BCUT2D eigenvalue weighted by Crippen LogP contribution is 2.17. The van der Waals surface area contributed by atoms with Crippen LogP contribution < -0.4 is 10.5 Å². The molecule has 19 heavy (non-hydrogen) atoms. The second kappa shape index (κ2) is 4.73. The van der Waals surface area contributed by atoms with Gasteiger partial charge in [-0.2, -0.15) is 5.10 Å². The Labute approximate surface area is 110 Å². The number of nitrogens with one attached hydrogen (secondary N) is 1. The van der Waals surface area contributed by atoms with Gasteiger partial charge < -0.3 is 5.73 Å². The van der Waals surface area contributed by atoms with E-state index in [9.17, 15) is 13.2 Å². The maximum atomic E-state index is 12.1. The van der Waals surface area contributed by atoms with Crippen LogP contribution in [0.15, 0.2) is 41.4 Å².